The van der Waals surface area contributed by atoms with E-state index >= 15 is 0 Å². The highest BCUT2D eigenvalue weighted by molar-refractivity contribution is 6.04. The van der Waals surface area contributed by atoms with E-state index in [2.05, 4.69) is 4.98 Å². The maximum absolute atomic E-state index is 13.9. The monoisotopic (exact) mass is 271 g/mol. The van der Waals surface area contributed by atoms with E-state index in [1.807, 2.05) is 31.2 Å². The highest BCUT2D eigenvalue weighted by atomic mass is 19.1. The molecule has 0 unspecified atom stereocenters. The van der Waals surface area contributed by atoms with Crippen molar-refractivity contribution in [2.24, 2.45) is 0 Å². The van der Waals surface area contributed by atoms with Crippen molar-refractivity contribution in [3.63, 3.8) is 0 Å². The van der Waals surface area contributed by atoms with Gasteiger partial charge in [-0.15, -0.1) is 0 Å². The molecule has 2 aromatic carbocycles. The molecule has 0 amide bonds. The zero-order chi connectivity index (χ0) is 14.3. The number of fused-ring (bicyclic) bond motifs is 1. The molecule has 0 radical (unpaired) electrons. The van der Waals surface area contributed by atoms with Gasteiger partial charge in [-0.2, -0.15) is 0 Å². The first kappa shape index (κ1) is 12.5. The first-order chi connectivity index (χ1) is 9.60. The van der Waals surface area contributed by atoms with E-state index in [1.54, 1.807) is 0 Å². The van der Waals surface area contributed by atoms with E-state index in [1.165, 1.54) is 6.07 Å². The van der Waals surface area contributed by atoms with Crippen LogP contribution < -0.4 is 0 Å². The molecule has 0 atom stereocenters. The summed E-state index contributed by atoms with van der Waals surface area (Å²) in [6, 6.07) is 9.44. The summed E-state index contributed by atoms with van der Waals surface area (Å²) in [5.41, 5.74) is 2.78. The molecule has 3 aromatic rings. The molecule has 0 saturated carbocycles. The quantitative estimate of drug-likeness (QED) is 0.695. The number of aldehydes is 1. The topological polar surface area (TPSA) is 32.9 Å². The average molecular weight is 271 g/mol. The highest BCUT2D eigenvalue weighted by Crippen LogP contribution is 2.31. The fraction of sp³-hybridized carbons (Fsp3) is 0.0625. The molecule has 0 fully saturated rings. The predicted molar refractivity (Wildman–Crippen MR) is 73.8 cm³/mol. The van der Waals surface area contributed by atoms with Crippen LogP contribution in [0.25, 0.3) is 22.2 Å². The van der Waals surface area contributed by atoms with Crippen molar-refractivity contribution < 1.29 is 13.6 Å². The molecule has 20 heavy (non-hydrogen) atoms. The Labute approximate surface area is 114 Å². The molecular weight excluding hydrogens is 260 g/mol. The molecule has 1 N–H and O–H groups in total. The van der Waals surface area contributed by atoms with Crippen molar-refractivity contribution in [3.8, 4) is 11.3 Å². The Morgan fingerprint density at radius 2 is 1.95 bits per heavy atom. The van der Waals surface area contributed by atoms with Crippen LogP contribution in [0.5, 0.6) is 0 Å². The molecule has 0 saturated heterocycles. The lowest BCUT2D eigenvalue weighted by Crippen LogP contribution is -1.87. The zero-order valence-corrected chi connectivity index (χ0v) is 10.7. The maximum atomic E-state index is 13.9. The third-order valence-corrected chi connectivity index (χ3v) is 3.28. The van der Waals surface area contributed by atoms with E-state index in [0.29, 0.717) is 12.0 Å². The van der Waals surface area contributed by atoms with Crippen molar-refractivity contribution in [1.29, 1.82) is 0 Å². The maximum Gasteiger partial charge on any atom is 0.152 e. The molecule has 1 aromatic heterocycles. The second-order valence-corrected chi connectivity index (χ2v) is 4.71. The minimum absolute atomic E-state index is 0.123. The lowest BCUT2D eigenvalue weighted by molar-refractivity contribution is 0.112. The van der Waals surface area contributed by atoms with Crippen LogP contribution in [0, 0.1) is 18.6 Å². The molecular formula is C16H11F2NO. The van der Waals surface area contributed by atoms with Gasteiger partial charge < -0.3 is 4.98 Å². The summed E-state index contributed by atoms with van der Waals surface area (Å²) in [5, 5.41) is 0.123. The number of H-pyrrole nitrogens is 1. The second kappa shape index (κ2) is 4.56. The van der Waals surface area contributed by atoms with E-state index in [-0.39, 0.29) is 16.5 Å². The van der Waals surface area contributed by atoms with Gasteiger partial charge in [0, 0.05) is 11.5 Å². The first-order valence-corrected chi connectivity index (χ1v) is 6.13. The Hall–Kier alpha value is -2.49. The summed E-state index contributed by atoms with van der Waals surface area (Å²) in [6.07, 6.45) is 0.595. The molecule has 3 rings (SSSR count). The number of carbonyl (C=O) groups excluding carboxylic acids is 1. The number of carbonyl (C=O) groups is 1. The molecule has 0 spiro atoms. The normalized spacial score (nSPS) is 10.9. The van der Waals surface area contributed by atoms with Gasteiger partial charge in [0.05, 0.1) is 16.8 Å². The first-order valence-electron chi connectivity index (χ1n) is 6.13. The van der Waals surface area contributed by atoms with Gasteiger partial charge in [-0.1, -0.05) is 23.8 Å². The van der Waals surface area contributed by atoms with Crippen LogP contribution >= 0.6 is 0 Å². The number of aryl methyl sites for hydroxylation is 1. The number of hydrogen-bond acceptors (Lipinski definition) is 1. The number of halogens is 2. The van der Waals surface area contributed by atoms with Gasteiger partial charge in [0.15, 0.2) is 6.29 Å². The Morgan fingerprint density at radius 3 is 2.65 bits per heavy atom. The SMILES string of the molecule is Cc1cccc(-c2[nH]c3cc(F)cc(F)c3c2C=O)c1. The van der Waals surface area contributed by atoms with Gasteiger partial charge in [-0.05, 0) is 24.6 Å². The fourth-order valence-corrected chi connectivity index (χ4v) is 2.42. The Kier molecular flexibility index (Phi) is 2.86. The van der Waals surface area contributed by atoms with E-state index in [4.69, 9.17) is 0 Å². The predicted octanol–water partition coefficient (Wildman–Crippen LogP) is 4.23. The Balaban J connectivity index is 2.37. The van der Waals surface area contributed by atoms with Crippen LogP contribution in [0.1, 0.15) is 15.9 Å². The summed E-state index contributed by atoms with van der Waals surface area (Å²) in [4.78, 5) is 14.2. The van der Waals surface area contributed by atoms with Crippen LogP contribution in [0.15, 0.2) is 36.4 Å². The highest BCUT2D eigenvalue weighted by Gasteiger charge is 2.17. The summed E-state index contributed by atoms with van der Waals surface area (Å²) in [6.45, 7) is 1.92. The van der Waals surface area contributed by atoms with Crippen molar-refractivity contribution >= 4 is 17.2 Å². The number of nitrogens with one attached hydrogen (secondary N) is 1. The van der Waals surface area contributed by atoms with Gasteiger partial charge >= 0.3 is 0 Å². The van der Waals surface area contributed by atoms with E-state index in [0.717, 1.165) is 17.2 Å². The summed E-state index contributed by atoms with van der Waals surface area (Å²) in [5.74, 6) is -1.42. The molecule has 1 heterocycles. The number of hydrogen-bond donors (Lipinski definition) is 1. The number of aromatic amines is 1. The summed E-state index contributed by atoms with van der Waals surface area (Å²) >= 11 is 0. The van der Waals surface area contributed by atoms with E-state index in [9.17, 15) is 13.6 Å². The molecule has 100 valence electrons. The van der Waals surface area contributed by atoms with Crippen molar-refractivity contribution in [2.75, 3.05) is 0 Å². The summed E-state index contributed by atoms with van der Waals surface area (Å²) < 4.78 is 27.1. The summed E-state index contributed by atoms with van der Waals surface area (Å²) in [7, 11) is 0. The fourth-order valence-electron chi connectivity index (χ4n) is 2.42. The minimum atomic E-state index is -0.739. The molecule has 0 aliphatic carbocycles. The molecule has 0 aliphatic heterocycles. The van der Waals surface area contributed by atoms with Crippen molar-refractivity contribution in [3.05, 3.63) is 59.2 Å². The Bertz CT molecular complexity index is 821. The lowest BCUT2D eigenvalue weighted by atomic mass is 10.0. The lowest BCUT2D eigenvalue weighted by Gasteiger charge is -2.01. The third kappa shape index (κ3) is 1.90. The van der Waals surface area contributed by atoms with Gasteiger partial charge in [-0.25, -0.2) is 8.78 Å². The van der Waals surface area contributed by atoms with Crippen molar-refractivity contribution in [1.82, 2.24) is 4.98 Å². The number of benzene rings is 2. The van der Waals surface area contributed by atoms with Gasteiger partial charge in [0.25, 0.3) is 0 Å². The minimum Gasteiger partial charge on any atom is -0.354 e. The van der Waals surface area contributed by atoms with E-state index < -0.39 is 11.6 Å². The van der Waals surface area contributed by atoms with Crippen LogP contribution in [-0.2, 0) is 0 Å². The van der Waals surface area contributed by atoms with Crippen LogP contribution in [0.4, 0.5) is 8.78 Å². The molecule has 2 nitrogen and oxygen atoms in total. The Morgan fingerprint density at radius 1 is 1.15 bits per heavy atom. The molecule has 4 heteroatoms. The number of rotatable bonds is 2. The average Bonchev–Trinajstić information content (AvgIpc) is 2.77. The van der Waals surface area contributed by atoms with Gasteiger partial charge in [-0.3, -0.25) is 4.79 Å². The third-order valence-electron chi connectivity index (χ3n) is 3.28. The van der Waals surface area contributed by atoms with Crippen LogP contribution in [0.2, 0.25) is 0 Å². The van der Waals surface area contributed by atoms with Gasteiger partial charge in [0.2, 0.25) is 0 Å². The largest absolute Gasteiger partial charge is 0.354 e. The van der Waals surface area contributed by atoms with Gasteiger partial charge in [0.1, 0.15) is 11.6 Å². The van der Waals surface area contributed by atoms with Crippen LogP contribution in [0.3, 0.4) is 0 Å². The molecule has 0 aliphatic rings. The smallest absolute Gasteiger partial charge is 0.152 e. The second-order valence-electron chi connectivity index (χ2n) is 4.71. The molecule has 0 bridgehead atoms. The van der Waals surface area contributed by atoms with Crippen molar-refractivity contribution in [2.45, 2.75) is 6.92 Å². The van der Waals surface area contributed by atoms with Crippen LogP contribution in [-0.4, -0.2) is 11.3 Å². The number of aromatic nitrogens is 1. The zero-order valence-electron chi connectivity index (χ0n) is 10.7. The standard InChI is InChI=1S/C16H11F2NO/c1-9-3-2-4-10(5-9)16-12(8-20)15-13(18)6-11(17)7-14(15)19-16/h2-8,19H,1H3.